The van der Waals surface area contributed by atoms with E-state index in [0.29, 0.717) is 19.0 Å². The van der Waals surface area contributed by atoms with Crippen LogP contribution in [0.4, 0.5) is 5.69 Å². The van der Waals surface area contributed by atoms with E-state index in [1.165, 1.54) is 12.8 Å². The molecule has 1 aromatic rings. The molecule has 1 aliphatic heterocycles. The fraction of sp³-hybridized carbons (Fsp3) is 0.733. The van der Waals surface area contributed by atoms with Gasteiger partial charge in [-0.2, -0.15) is 5.10 Å². The van der Waals surface area contributed by atoms with E-state index in [0.717, 1.165) is 38.0 Å². The molecule has 2 N–H and O–H groups in total. The van der Waals surface area contributed by atoms with E-state index in [1.54, 1.807) is 10.7 Å². The quantitative estimate of drug-likeness (QED) is 0.803. The van der Waals surface area contributed by atoms with Crippen molar-refractivity contribution in [3.05, 3.63) is 22.6 Å². The summed E-state index contributed by atoms with van der Waals surface area (Å²) >= 11 is 0. The van der Waals surface area contributed by atoms with Crippen LogP contribution >= 0.6 is 0 Å². The van der Waals surface area contributed by atoms with Crippen LogP contribution in [0.3, 0.4) is 0 Å². The van der Waals surface area contributed by atoms with Crippen molar-refractivity contribution in [2.24, 2.45) is 11.7 Å². The van der Waals surface area contributed by atoms with Crippen molar-refractivity contribution in [1.82, 2.24) is 9.78 Å². The first kappa shape index (κ1) is 15.0. The van der Waals surface area contributed by atoms with Crippen molar-refractivity contribution in [3.8, 4) is 0 Å². The number of nitrogens with zero attached hydrogens (tertiary/aromatic N) is 3. The fourth-order valence-electron chi connectivity index (χ4n) is 2.77. The number of aryl methyl sites for hydroxylation is 1. The van der Waals surface area contributed by atoms with E-state index in [1.807, 2.05) is 6.20 Å². The maximum atomic E-state index is 12.1. The molecule has 1 fully saturated rings. The topological polar surface area (TPSA) is 64.2 Å². The number of anilines is 1. The summed E-state index contributed by atoms with van der Waals surface area (Å²) in [5.74, 6) is 0.697. The number of hydrogen-bond donors (Lipinski definition) is 1. The zero-order chi connectivity index (χ0) is 14.4. The monoisotopic (exact) mass is 278 g/mol. The fourth-order valence-corrected chi connectivity index (χ4v) is 2.77. The van der Waals surface area contributed by atoms with Crippen molar-refractivity contribution in [3.63, 3.8) is 0 Å². The molecule has 0 amide bonds. The van der Waals surface area contributed by atoms with Gasteiger partial charge in [0.05, 0.1) is 11.9 Å². The van der Waals surface area contributed by atoms with Crippen LogP contribution in [0.1, 0.15) is 39.0 Å². The Balaban J connectivity index is 1.96. The minimum atomic E-state index is 0.00785. The number of rotatable bonds is 6. The van der Waals surface area contributed by atoms with Gasteiger partial charge in [0.1, 0.15) is 0 Å². The van der Waals surface area contributed by atoms with E-state index in [2.05, 4.69) is 16.9 Å². The highest BCUT2D eigenvalue weighted by molar-refractivity contribution is 5.43. The number of nitrogens with two attached hydrogens (primary N) is 1. The summed E-state index contributed by atoms with van der Waals surface area (Å²) in [4.78, 5) is 14.4. The van der Waals surface area contributed by atoms with E-state index < -0.39 is 0 Å². The molecule has 20 heavy (non-hydrogen) atoms. The highest BCUT2D eigenvalue weighted by Crippen LogP contribution is 2.20. The van der Waals surface area contributed by atoms with Crippen LogP contribution in [0.5, 0.6) is 0 Å². The zero-order valence-electron chi connectivity index (χ0n) is 12.4. The maximum absolute atomic E-state index is 12.1. The Morgan fingerprint density at radius 1 is 1.40 bits per heavy atom. The van der Waals surface area contributed by atoms with E-state index in [4.69, 9.17) is 5.73 Å². The first-order valence-electron chi connectivity index (χ1n) is 7.73. The molecule has 5 nitrogen and oxygen atoms in total. The molecule has 0 saturated carbocycles. The van der Waals surface area contributed by atoms with Gasteiger partial charge in [-0.25, -0.2) is 4.68 Å². The lowest BCUT2D eigenvalue weighted by Gasteiger charge is -2.32. The van der Waals surface area contributed by atoms with Crippen molar-refractivity contribution in [1.29, 1.82) is 0 Å². The highest BCUT2D eigenvalue weighted by Gasteiger charge is 2.17. The molecule has 2 rings (SSSR count). The Bertz CT molecular complexity index is 471. The third kappa shape index (κ3) is 4.07. The van der Waals surface area contributed by atoms with Gasteiger partial charge in [-0.1, -0.05) is 13.3 Å². The Morgan fingerprint density at radius 2 is 2.25 bits per heavy atom. The highest BCUT2D eigenvalue weighted by atomic mass is 16.1. The molecule has 1 unspecified atom stereocenters. The van der Waals surface area contributed by atoms with Gasteiger partial charge in [0, 0.05) is 25.7 Å². The molecule has 1 atom stereocenters. The average molecular weight is 278 g/mol. The Labute approximate surface area is 120 Å². The third-order valence-corrected chi connectivity index (χ3v) is 3.95. The first-order chi connectivity index (χ1) is 9.70. The summed E-state index contributed by atoms with van der Waals surface area (Å²) in [6.45, 7) is 5.73. The second-order valence-electron chi connectivity index (χ2n) is 5.82. The SMILES string of the molecule is CC1CCCN(c2cnn(CCCCCN)c(=O)c2)C1. The number of unbranched alkanes of at least 4 members (excludes halogenated alkanes) is 2. The number of aromatic nitrogens is 2. The predicted octanol–water partition coefficient (Wildman–Crippen LogP) is 1.61. The zero-order valence-corrected chi connectivity index (χ0v) is 12.4. The minimum absolute atomic E-state index is 0.00785. The summed E-state index contributed by atoms with van der Waals surface area (Å²) < 4.78 is 1.56. The molecule has 1 aliphatic rings. The lowest BCUT2D eigenvalue weighted by molar-refractivity contribution is 0.445. The van der Waals surface area contributed by atoms with Crippen LogP contribution in [-0.2, 0) is 6.54 Å². The number of hydrogen-bond acceptors (Lipinski definition) is 4. The molecule has 0 aromatic carbocycles. The molecule has 1 saturated heterocycles. The molecule has 1 aromatic heterocycles. The van der Waals surface area contributed by atoms with Gasteiger partial charge in [0.2, 0.25) is 0 Å². The van der Waals surface area contributed by atoms with Gasteiger partial charge in [-0.05, 0) is 38.1 Å². The van der Waals surface area contributed by atoms with Gasteiger partial charge in [0.25, 0.3) is 5.56 Å². The van der Waals surface area contributed by atoms with Gasteiger partial charge in [0.15, 0.2) is 0 Å². The van der Waals surface area contributed by atoms with Crippen molar-refractivity contribution in [2.75, 3.05) is 24.5 Å². The number of piperidine rings is 1. The maximum Gasteiger partial charge on any atom is 0.268 e. The largest absolute Gasteiger partial charge is 0.370 e. The second-order valence-corrected chi connectivity index (χ2v) is 5.82. The third-order valence-electron chi connectivity index (χ3n) is 3.95. The second kappa shape index (κ2) is 7.43. The van der Waals surface area contributed by atoms with Crippen molar-refractivity contribution < 1.29 is 0 Å². The summed E-state index contributed by atoms with van der Waals surface area (Å²) in [6.07, 6.45) is 7.34. The summed E-state index contributed by atoms with van der Waals surface area (Å²) in [6, 6.07) is 1.73. The lowest BCUT2D eigenvalue weighted by atomic mass is 10.00. The average Bonchev–Trinajstić information content (AvgIpc) is 2.45. The van der Waals surface area contributed by atoms with Crippen LogP contribution in [-0.4, -0.2) is 29.4 Å². The van der Waals surface area contributed by atoms with Gasteiger partial charge >= 0.3 is 0 Å². The van der Waals surface area contributed by atoms with Crippen LogP contribution in [0, 0.1) is 5.92 Å². The molecule has 0 spiro atoms. The Kier molecular flexibility index (Phi) is 5.59. The van der Waals surface area contributed by atoms with E-state index >= 15 is 0 Å². The molecular formula is C15H26N4O. The van der Waals surface area contributed by atoms with Crippen LogP contribution in [0.2, 0.25) is 0 Å². The minimum Gasteiger partial charge on any atom is -0.370 e. The predicted molar refractivity (Wildman–Crippen MR) is 82.0 cm³/mol. The summed E-state index contributed by atoms with van der Waals surface area (Å²) in [5, 5.41) is 4.31. The summed E-state index contributed by atoms with van der Waals surface area (Å²) in [7, 11) is 0. The van der Waals surface area contributed by atoms with E-state index in [-0.39, 0.29) is 5.56 Å². The smallest absolute Gasteiger partial charge is 0.268 e. The van der Waals surface area contributed by atoms with Gasteiger partial charge < -0.3 is 10.6 Å². The molecular weight excluding hydrogens is 252 g/mol. The van der Waals surface area contributed by atoms with Crippen molar-refractivity contribution >= 4 is 5.69 Å². The van der Waals surface area contributed by atoms with E-state index in [9.17, 15) is 4.79 Å². The van der Waals surface area contributed by atoms with Gasteiger partial charge in [-0.3, -0.25) is 4.79 Å². The molecule has 112 valence electrons. The van der Waals surface area contributed by atoms with Crippen LogP contribution in [0.25, 0.3) is 0 Å². The summed E-state index contributed by atoms with van der Waals surface area (Å²) in [5.41, 5.74) is 6.44. The molecule has 0 radical (unpaired) electrons. The molecule has 2 heterocycles. The standard InChI is InChI=1S/C15H26N4O/c1-13-6-5-8-18(12-13)14-10-15(20)19(17-11-14)9-4-2-3-7-16/h10-11,13H,2-9,12,16H2,1H3. The van der Waals surface area contributed by atoms with Crippen LogP contribution in [0.15, 0.2) is 17.1 Å². The van der Waals surface area contributed by atoms with Crippen LogP contribution < -0.4 is 16.2 Å². The van der Waals surface area contributed by atoms with Gasteiger partial charge in [-0.15, -0.1) is 0 Å². The lowest BCUT2D eigenvalue weighted by Crippen LogP contribution is -2.35. The molecule has 0 aliphatic carbocycles. The Morgan fingerprint density at radius 3 is 2.95 bits per heavy atom. The Hall–Kier alpha value is -1.36. The first-order valence-corrected chi connectivity index (χ1v) is 7.73. The molecule has 5 heteroatoms. The molecule has 0 bridgehead atoms. The normalized spacial score (nSPS) is 19.3. The van der Waals surface area contributed by atoms with Crippen molar-refractivity contribution in [2.45, 2.75) is 45.6 Å².